The predicted octanol–water partition coefficient (Wildman–Crippen LogP) is 2.27. The lowest BCUT2D eigenvalue weighted by Gasteiger charge is -2.35. The average molecular weight is 282 g/mol. The highest BCUT2D eigenvalue weighted by atomic mass is 32.1. The highest BCUT2D eigenvalue weighted by molar-refractivity contribution is 7.10. The van der Waals surface area contributed by atoms with Crippen LogP contribution in [0.15, 0.2) is 11.4 Å². The van der Waals surface area contributed by atoms with Crippen molar-refractivity contribution in [1.82, 2.24) is 10.2 Å². The lowest BCUT2D eigenvalue weighted by Crippen LogP contribution is -2.42. The average Bonchev–Trinajstić information content (AvgIpc) is 2.81. The molecule has 0 amide bonds. The van der Waals surface area contributed by atoms with E-state index in [9.17, 15) is 5.11 Å². The number of hydrogen-bond donors (Lipinski definition) is 2. The van der Waals surface area contributed by atoms with Gasteiger partial charge in [-0.3, -0.25) is 4.90 Å². The van der Waals surface area contributed by atoms with E-state index in [1.165, 1.54) is 10.4 Å². The first-order valence-electron chi connectivity index (χ1n) is 7.27. The molecule has 1 aromatic rings. The number of hydrogen-bond acceptors (Lipinski definition) is 4. The van der Waals surface area contributed by atoms with Crippen molar-refractivity contribution in [3.05, 3.63) is 21.9 Å². The normalized spacial score (nSPS) is 21.6. The minimum absolute atomic E-state index is 0.276. The first-order valence-corrected chi connectivity index (χ1v) is 8.15. The van der Waals surface area contributed by atoms with Gasteiger partial charge in [0.15, 0.2) is 0 Å². The number of aliphatic hydroxyl groups is 1. The van der Waals surface area contributed by atoms with Crippen molar-refractivity contribution in [2.24, 2.45) is 5.92 Å². The zero-order chi connectivity index (χ0) is 13.8. The van der Waals surface area contributed by atoms with Crippen LogP contribution in [-0.4, -0.2) is 42.3 Å². The Morgan fingerprint density at radius 2 is 2.26 bits per heavy atom. The lowest BCUT2D eigenvalue weighted by molar-refractivity contribution is 0.0861. The molecule has 0 spiro atoms. The summed E-state index contributed by atoms with van der Waals surface area (Å²) in [7, 11) is 0. The molecule has 0 saturated heterocycles. The minimum atomic E-state index is -0.276. The lowest BCUT2D eigenvalue weighted by atomic mass is 10.0. The molecule has 108 valence electrons. The number of β-amino-alcohol motifs (C(OH)–C–C–N with tert-alkyl or cyclic N) is 1. The molecule has 1 aliphatic rings. The van der Waals surface area contributed by atoms with E-state index in [1.54, 1.807) is 0 Å². The zero-order valence-corrected chi connectivity index (χ0v) is 13.0. The van der Waals surface area contributed by atoms with Crippen LogP contribution in [0.4, 0.5) is 0 Å². The maximum Gasteiger partial charge on any atom is 0.0791 e. The fourth-order valence-corrected chi connectivity index (χ4v) is 3.65. The summed E-state index contributed by atoms with van der Waals surface area (Å²) in [5, 5.41) is 15.6. The third-order valence-corrected chi connectivity index (χ3v) is 4.78. The van der Waals surface area contributed by atoms with E-state index in [0.29, 0.717) is 18.5 Å². The Balaban J connectivity index is 1.80. The van der Waals surface area contributed by atoms with Crippen molar-refractivity contribution in [1.29, 1.82) is 0 Å². The molecule has 0 fully saturated rings. The van der Waals surface area contributed by atoms with Gasteiger partial charge in [-0.15, -0.1) is 11.3 Å². The van der Waals surface area contributed by atoms with E-state index in [2.05, 4.69) is 42.4 Å². The van der Waals surface area contributed by atoms with Crippen LogP contribution in [0.1, 0.15) is 37.3 Å². The van der Waals surface area contributed by atoms with E-state index in [0.717, 1.165) is 26.1 Å². The standard InChI is InChI=1S/C15H26N2OS/c1-11(2)8-16-9-13(18)10-17-6-4-15-14(12(17)3)5-7-19-15/h5,7,11-13,16,18H,4,6,8-10H2,1-3H3. The van der Waals surface area contributed by atoms with Crippen LogP contribution in [-0.2, 0) is 6.42 Å². The Morgan fingerprint density at radius 3 is 3.00 bits per heavy atom. The highest BCUT2D eigenvalue weighted by Crippen LogP contribution is 2.32. The second kappa shape index (κ2) is 6.84. The van der Waals surface area contributed by atoms with E-state index < -0.39 is 0 Å². The Kier molecular flexibility index (Phi) is 5.39. The van der Waals surface area contributed by atoms with Gasteiger partial charge in [-0.2, -0.15) is 0 Å². The molecule has 0 bridgehead atoms. The second-order valence-corrected chi connectivity index (χ2v) is 6.93. The van der Waals surface area contributed by atoms with Gasteiger partial charge < -0.3 is 10.4 Å². The van der Waals surface area contributed by atoms with Crippen LogP contribution >= 0.6 is 11.3 Å². The molecule has 1 aliphatic heterocycles. The van der Waals surface area contributed by atoms with Crippen molar-refractivity contribution in [2.45, 2.75) is 39.3 Å². The van der Waals surface area contributed by atoms with Gasteiger partial charge in [-0.25, -0.2) is 0 Å². The van der Waals surface area contributed by atoms with Crippen LogP contribution in [0.5, 0.6) is 0 Å². The van der Waals surface area contributed by atoms with Crippen molar-refractivity contribution in [3.8, 4) is 0 Å². The number of aliphatic hydroxyl groups excluding tert-OH is 1. The molecule has 3 nitrogen and oxygen atoms in total. The number of nitrogens with one attached hydrogen (secondary N) is 1. The first kappa shape index (κ1) is 15.0. The quantitative estimate of drug-likeness (QED) is 0.840. The Bertz CT molecular complexity index is 391. The maximum absolute atomic E-state index is 10.1. The van der Waals surface area contributed by atoms with E-state index in [-0.39, 0.29) is 6.10 Å². The Morgan fingerprint density at radius 1 is 1.47 bits per heavy atom. The predicted molar refractivity (Wildman–Crippen MR) is 81.7 cm³/mol. The molecule has 2 atom stereocenters. The fraction of sp³-hybridized carbons (Fsp3) is 0.733. The van der Waals surface area contributed by atoms with E-state index in [4.69, 9.17) is 0 Å². The molecule has 2 heterocycles. The smallest absolute Gasteiger partial charge is 0.0791 e. The molecule has 2 rings (SSSR count). The highest BCUT2D eigenvalue weighted by Gasteiger charge is 2.25. The molecule has 0 radical (unpaired) electrons. The largest absolute Gasteiger partial charge is 0.390 e. The molecule has 1 aromatic heterocycles. The van der Waals surface area contributed by atoms with Crippen LogP contribution in [0, 0.1) is 5.92 Å². The summed E-state index contributed by atoms with van der Waals surface area (Å²) >= 11 is 1.87. The van der Waals surface area contributed by atoms with Gasteiger partial charge in [0, 0.05) is 30.6 Å². The van der Waals surface area contributed by atoms with E-state index >= 15 is 0 Å². The van der Waals surface area contributed by atoms with Gasteiger partial charge in [-0.1, -0.05) is 13.8 Å². The maximum atomic E-state index is 10.1. The second-order valence-electron chi connectivity index (χ2n) is 5.93. The van der Waals surface area contributed by atoms with E-state index in [1.807, 2.05) is 11.3 Å². The SMILES string of the molecule is CC(C)CNCC(O)CN1CCc2sccc2C1C. The third kappa shape index (κ3) is 4.02. The summed E-state index contributed by atoms with van der Waals surface area (Å²) in [4.78, 5) is 3.92. The Hall–Kier alpha value is -0.420. The summed E-state index contributed by atoms with van der Waals surface area (Å²) in [6.07, 6.45) is 0.852. The van der Waals surface area contributed by atoms with Crippen LogP contribution < -0.4 is 5.32 Å². The van der Waals surface area contributed by atoms with Gasteiger partial charge in [0.1, 0.15) is 0 Å². The number of nitrogens with zero attached hydrogens (tertiary/aromatic N) is 1. The molecular formula is C15H26N2OS. The van der Waals surface area contributed by atoms with Crippen molar-refractivity contribution < 1.29 is 5.11 Å². The summed E-state index contributed by atoms with van der Waals surface area (Å²) in [6.45, 7) is 10.1. The van der Waals surface area contributed by atoms with Crippen LogP contribution in [0.3, 0.4) is 0 Å². The van der Waals surface area contributed by atoms with Crippen molar-refractivity contribution >= 4 is 11.3 Å². The molecule has 2 unspecified atom stereocenters. The van der Waals surface area contributed by atoms with Gasteiger partial charge in [0.2, 0.25) is 0 Å². The topological polar surface area (TPSA) is 35.5 Å². The van der Waals surface area contributed by atoms with Gasteiger partial charge in [0.25, 0.3) is 0 Å². The molecular weight excluding hydrogens is 256 g/mol. The number of rotatable bonds is 6. The zero-order valence-electron chi connectivity index (χ0n) is 12.2. The van der Waals surface area contributed by atoms with Gasteiger partial charge in [-0.05, 0) is 42.8 Å². The molecule has 4 heteroatoms. The van der Waals surface area contributed by atoms with Crippen LogP contribution in [0.2, 0.25) is 0 Å². The summed E-state index contributed by atoms with van der Waals surface area (Å²) in [5.41, 5.74) is 1.46. The summed E-state index contributed by atoms with van der Waals surface area (Å²) in [6, 6.07) is 2.68. The molecule has 2 N–H and O–H groups in total. The summed E-state index contributed by atoms with van der Waals surface area (Å²) < 4.78 is 0. The number of thiophene rings is 1. The molecule has 19 heavy (non-hydrogen) atoms. The summed E-state index contributed by atoms with van der Waals surface area (Å²) in [5.74, 6) is 0.634. The molecule has 0 aliphatic carbocycles. The Labute approximate surface area is 120 Å². The first-order chi connectivity index (χ1) is 9.08. The molecule has 0 aromatic carbocycles. The van der Waals surface area contributed by atoms with Crippen molar-refractivity contribution in [2.75, 3.05) is 26.2 Å². The van der Waals surface area contributed by atoms with Crippen molar-refractivity contribution in [3.63, 3.8) is 0 Å². The fourth-order valence-electron chi connectivity index (χ4n) is 2.68. The number of fused-ring (bicyclic) bond motifs is 1. The van der Waals surface area contributed by atoms with Gasteiger partial charge >= 0.3 is 0 Å². The molecule has 0 saturated carbocycles. The minimum Gasteiger partial charge on any atom is -0.390 e. The van der Waals surface area contributed by atoms with Gasteiger partial charge in [0.05, 0.1) is 6.10 Å². The third-order valence-electron chi connectivity index (χ3n) is 3.78. The monoisotopic (exact) mass is 282 g/mol. The van der Waals surface area contributed by atoms with Crippen LogP contribution in [0.25, 0.3) is 0 Å².